The van der Waals surface area contributed by atoms with Crippen LogP contribution in [0.1, 0.15) is 24.0 Å². The van der Waals surface area contributed by atoms with Crippen LogP contribution in [0.4, 0.5) is 0 Å². The van der Waals surface area contributed by atoms with Crippen LogP contribution in [0, 0.1) is 6.92 Å². The Morgan fingerprint density at radius 2 is 2.09 bits per heavy atom. The molecule has 0 aliphatic carbocycles. The summed E-state index contributed by atoms with van der Waals surface area (Å²) in [6, 6.07) is 8.75. The molecule has 2 heterocycles. The first kappa shape index (κ1) is 15.6. The van der Waals surface area contributed by atoms with Gasteiger partial charge in [0.2, 0.25) is 5.91 Å². The fourth-order valence-corrected chi connectivity index (χ4v) is 2.94. The van der Waals surface area contributed by atoms with E-state index in [2.05, 4.69) is 56.9 Å². The van der Waals surface area contributed by atoms with Crippen molar-refractivity contribution >= 4 is 5.91 Å². The monoisotopic (exact) mass is 314 g/mol. The number of hydrogen-bond acceptors (Lipinski definition) is 5. The minimum absolute atomic E-state index is 0.0327. The zero-order chi connectivity index (χ0) is 16.1. The fourth-order valence-electron chi connectivity index (χ4n) is 2.94. The standard InChI is InChI=1S/C16H22N6O/c1-13-4-2-3-5-14(13)10-21-8-6-15(7-9-21)18-16(23)11-22-12-17-19-20-22/h2-5,12,15H,6-11H2,1H3,(H,18,23). The molecule has 1 aromatic carbocycles. The number of aryl methyl sites for hydroxylation is 1. The SMILES string of the molecule is Cc1ccccc1CN1CCC(NC(=O)Cn2cnnn2)CC1. The number of carbonyl (C=O) groups excluding carboxylic acids is 1. The number of rotatable bonds is 5. The molecule has 0 unspecified atom stereocenters. The van der Waals surface area contributed by atoms with Crippen LogP contribution in [0.25, 0.3) is 0 Å². The highest BCUT2D eigenvalue weighted by atomic mass is 16.2. The van der Waals surface area contributed by atoms with E-state index in [0.29, 0.717) is 0 Å². The molecular weight excluding hydrogens is 292 g/mol. The topological polar surface area (TPSA) is 75.9 Å². The van der Waals surface area contributed by atoms with Crippen LogP contribution in [-0.2, 0) is 17.9 Å². The Labute approximate surface area is 135 Å². The van der Waals surface area contributed by atoms with E-state index >= 15 is 0 Å². The Morgan fingerprint density at radius 1 is 1.30 bits per heavy atom. The summed E-state index contributed by atoms with van der Waals surface area (Å²) in [4.78, 5) is 14.4. The summed E-state index contributed by atoms with van der Waals surface area (Å²) in [5.74, 6) is -0.0327. The molecule has 2 aromatic rings. The highest BCUT2D eigenvalue weighted by Gasteiger charge is 2.21. The number of aromatic nitrogens is 4. The van der Waals surface area contributed by atoms with Gasteiger partial charge in [0.15, 0.2) is 0 Å². The van der Waals surface area contributed by atoms with Crippen molar-refractivity contribution in [3.05, 3.63) is 41.7 Å². The maximum Gasteiger partial charge on any atom is 0.242 e. The molecule has 1 saturated heterocycles. The molecule has 1 N–H and O–H groups in total. The second-order valence-electron chi connectivity index (χ2n) is 6.05. The molecule has 1 fully saturated rings. The Kier molecular flexibility index (Phi) is 4.97. The largest absolute Gasteiger partial charge is 0.352 e. The van der Waals surface area contributed by atoms with E-state index in [1.807, 2.05) is 0 Å². The van der Waals surface area contributed by atoms with Crippen molar-refractivity contribution in [3.63, 3.8) is 0 Å². The first-order valence-corrected chi connectivity index (χ1v) is 7.98. The number of nitrogens with zero attached hydrogens (tertiary/aromatic N) is 5. The van der Waals surface area contributed by atoms with E-state index in [0.717, 1.165) is 32.5 Å². The highest BCUT2D eigenvalue weighted by Crippen LogP contribution is 2.16. The third-order valence-electron chi connectivity index (χ3n) is 4.30. The zero-order valence-electron chi connectivity index (χ0n) is 13.4. The number of nitrogens with one attached hydrogen (secondary N) is 1. The molecule has 23 heavy (non-hydrogen) atoms. The van der Waals surface area contributed by atoms with E-state index in [4.69, 9.17) is 0 Å². The average Bonchev–Trinajstić information content (AvgIpc) is 3.04. The quantitative estimate of drug-likeness (QED) is 0.882. The Morgan fingerprint density at radius 3 is 2.78 bits per heavy atom. The van der Waals surface area contributed by atoms with Gasteiger partial charge in [-0.05, 0) is 41.3 Å². The lowest BCUT2D eigenvalue weighted by Crippen LogP contribution is -2.45. The molecule has 1 amide bonds. The third kappa shape index (κ3) is 4.35. The van der Waals surface area contributed by atoms with Gasteiger partial charge >= 0.3 is 0 Å². The molecule has 0 radical (unpaired) electrons. The van der Waals surface area contributed by atoms with Gasteiger partial charge < -0.3 is 5.32 Å². The van der Waals surface area contributed by atoms with Crippen molar-refractivity contribution in [1.29, 1.82) is 0 Å². The minimum Gasteiger partial charge on any atom is -0.352 e. The van der Waals surface area contributed by atoms with Crippen LogP contribution in [0.3, 0.4) is 0 Å². The second kappa shape index (κ2) is 7.32. The average molecular weight is 314 g/mol. The summed E-state index contributed by atoms with van der Waals surface area (Å²) in [7, 11) is 0. The fraction of sp³-hybridized carbons (Fsp3) is 0.500. The van der Waals surface area contributed by atoms with Crippen LogP contribution in [0.2, 0.25) is 0 Å². The van der Waals surface area contributed by atoms with Gasteiger partial charge in [-0.2, -0.15) is 0 Å². The number of carbonyl (C=O) groups is 1. The second-order valence-corrected chi connectivity index (χ2v) is 6.05. The van der Waals surface area contributed by atoms with Crippen molar-refractivity contribution in [3.8, 4) is 0 Å². The van der Waals surface area contributed by atoms with Crippen LogP contribution in [0.15, 0.2) is 30.6 Å². The molecule has 1 aromatic heterocycles. The highest BCUT2D eigenvalue weighted by molar-refractivity contribution is 5.75. The Hall–Kier alpha value is -2.28. The predicted octanol–water partition coefficient (Wildman–Crippen LogP) is 0.762. The summed E-state index contributed by atoms with van der Waals surface area (Å²) in [5, 5.41) is 13.8. The first-order chi connectivity index (χ1) is 11.2. The zero-order valence-corrected chi connectivity index (χ0v) is 13.4. The molecule has 0 bridgehead atoms. The third-order valence-corrected chi connectivity index (χ3v) is 4.30. The van der Waals surface area contributed by atoms with E-state index in [9.17, 15) is 4.79 Å². The number of benzene rings is 1. The summed E-state index contributed by atoms with van der Waals surface area (Å²) in [6.45, 7) is 5.32. The number of likely N-dealkylation sites (tertiary alicyclic amines) is 1. The summed E-state index contributed by atoms with van der Waals surface area (Å²) in [6.07, 6.45) is 3.41. The normalized spacial score (nSPS) is 16.4. The van der Waals surface area contributed by atoms with Gasteiger partial charge in [-0.15, -0.1) is 5.10 Å². The van der Waals surface area contributed by atoms with E-state index in [-0.39, 0.29) is 18.5 Å². The molecule has 7 heteroatoms. The van der Waals surface area contributed by atoms with Gasteiger partial charge in [-0.1, -0.05) is 24.3 Å². The van der Waals surface area contributed by atoms with E-state index < -0.39 is 0 Å². The van der Waals surface area contributed by atoms with Gasteiger partial charge in [-0.3, -0.25) is 9.69 Å². The van der Waals surface area contributed by atoms with Crippen molar-refractivity contribution < 1.29 is 4.79 Å². The van der Waals surface area contributed by atoms with Crippen LogP contribution < -0.4 is 5.32 Å². The Balaban J connectivity index is 1.43. The minimum atomic E-state index is -0.0327. The lowest BCUT2D eigenvalue weighted by atomic mass is 10.0. The molecule has 1 aliphatic heterocycles. The summed E-state index contributed by atoms with van der Waals surface area (Å²) >= 11 is 0. The lowest BCUT2D eigenvalue weighted by molar-refractivity contribution is -0.122. The molecule has 0 saturated carbocycles. The molecule has 1 aliphatic rings. The van der Waals surface area contributed by atoms with Gasteiger partial charge in [0.05, 0.1) is 0 Å². The van der Waals surface area contributed by atoms with Crippen LogP contribution in [-0.4, -0.2) is 50.1 Å². The molecule has 122 valence electrons. The molecule has 0 spiro atoms. The van der Waals surface area contributed by atoms with Gasteiger partial charge in [-0.25, -0.2) is 4.68 Å². The van der Waals surface area contributed by atoms with E-state index in [1.54, 1.807) is 0 Å². The first-order valence-electron chi connectivity index (χ1n) is 7.98. The number of amides is 1. The smallest absolute Gasteiger partial charge is 0.242 e. The van der Waals surface area contributed by atoms with Crippen LogP contribution >= 0.6 is 0 Å². The molecule has 7 nitrogen and oxygen atoms in total. The Bertz CT molecular complexity index is 634. The lowest BCUT2D eigenvalue weighted by Gasteiger charge is -2.32. The van der Waals surface area contributed by atoms with Gasteiger partial charge in [0.25, 0.3) is 0 Å². The predicted molar refractivity (Wildman–Crippen MR) is 85.4 cm³/mol. The summed E-state index contributed by atoms with van der Waals surface area (Å²) < 4.78 is 1.43. The molecule has 3 rings (SSSR count). The van der Waals surface area contributed by atoms with Gasteiger partial charge in [0, 0.05) is 25.7 Å². The van der Waals surface area contributed by atoms with Gasteiger partial charge in [0.1, 0.15) is 12.9 Å². The summed E-state index contributed by atoms with van der Waals surface area (Å²) in [5.41, 5.74) is 2.72. The van der Waals surface area contributed by atoms with Crippen molar-refractivity contribution in [2.75, 3.05) is 13.1 Å². The van der Waals surface area contributed by atoms with Crippen molar-refractivity contribution in [2.45, 2.75) is 38.9 Å². The molecule has 0 atom stereocenters. The number of piperidine rings is 1. The van der Waals surface area contributed by atoms with Crippen molar-refractivity contribution in [2.24, 2.45) is 0 Å². The maximum atomic E-state index is 12.0. The maximum absolute atomic E-state index is 12.0. The van der Waals surface area contributed by atoms with E-state index in [1.165, 1.54) is 22.1 Å². The molecular formula is C16H22N6O. The number of tetrazole rings is 1. The number of hydrogen-bond donors (Lipinski definition) is 1. The van der Waals surface area contributed by atoms with Crippen molar-refractivity contribution in [1.82, 2.24) is 30.4 Å². The van der Waals surface area contributed by atoms with Crippen LogP contribution in [0.5, 0.6) is 0 Å².